The van der Waals surface area contributed by atoms with E-state index in [1.165, 1.54) is 23.1 Å². The number of thiocarbonyl (C=S) groups is 1. The van der Waals surface area contributed by atoms with Gasteiger partial charge in [0.25, 0.3) is 5.91 Å². The normalized spacial score (nSPS) is 16.3. The van der Waals surface area contributed by atoms with Gasteiger partial charge in [0.05, 0.1) is 23.3 Å². The number of amides is 1. The second kappa shape index (κ2) is 5.97. The molecule has 0 radical (unpaired) electrons. The highest BCUT2D eigenvalue weighted by Gasteiger charge is 2.22. The molecule has 1 aromatic carbocycles. The first kappa shape index (κ1) is 14.2. The predicted molar refractivity (Wildman–Crippen MR) is 90.4 cm³/mol. The van der Waals surface area contributed by atoms with Gasteiger partial charge < -0.3 is 10.1 Å². The van der Waals surface area contributed by atoms with Crippen LogP contribution in [-0.4, -0.2) is 22.3 Å². The topological polar surface area (TPSA) is 51.2 Å². The summed E-state index contributed by atoms with van der Waals surface area (Å²) < 4.78 is 5.82. The molecular formula is C14H10N2O2S3. The third kappa shape index (κ3) is 2.99. The number of para-hydroxylation sites is 1. The number of hydrogen-bond donors (Lipinski definition) is 1. The van der Waals surface area contributed by atoms with Crippen LogP contribution in [-0.2, 0) is 4.79 Å². The Bertz CT molecular complexity index is 752. The number of carbonyl (C=O) groups is 1. The lowest BCUT2D eigenvalue weighted by atomic mass is 10.2. The van der Waals surface area contributed by atoms with E-state index in [-0.39, 0.29) is 5.91 Å². The van der Waals surface area contributed by atoms with Gasteiger partial charge in [-0.1, -0.05) is 36.1 Å². The molecule has 1 aliphatic heterocycles. The fourth-order valence-corrected chi connectivity index (χ4v) is 3.69. The van der Waals surface area contributed by atoms with Crippen LogP contribution in [0.1, 0.15) is 5.69 Å². The Morgan fingerprint density at radius 2 is 2.19 bits per heavy atom. The van der Waals surface area contributed by atoms with E-state index in [4.69, 9.17) is 17.0 Å². The zero-order valence-electron chi connectivity index (χ0n) is 11.0. The molecule has 0 unspecified atom stereocenters. The monoisotopic (exact) mass is 334 g/mol. The molecule has 0 saturated carbocycles. The lowest BCUT2D eigenvalue weighted by Crippen LogP contribution is -2.17. The van der Waals surface area contributed by atoms with Crippen LogP contribution >= 0.6 is 35.3 Å². The van der Waals surface area contributed by atoms with E-state index in [0.29, 0.717) is 9.23 Å². The first-order valence-corrected chi connectivity index (χ1v) is 8.11. The number of methoxy groups -OCH3 is 1. The number of thioether (sulfide) groups is 1. The molecule has 0 aliphatic carbocycles. The maximum atomic E-state index is 11.6. The van der Waals surface area contributed by atoms with Crippen LogP contribution in [0.3, 0.4) is 0 Å². The van der Waals surface area contributed by atoms with Crippen LogP contribution < -0.4 is 10.1 Å². The summed E-state index contributed by atoms with van der Waals surface area (Å²) in [6.07, 6.45) is 1.74. The molecule has 2 heterocycles. The smallest absolute Gasteiger partial charge is 0.263 e. The first-order valence-electron chi connectivity index (χ1n) is 6.01. The summed E-state index contributed by atoms with van der Waals surface area (Å²) >= 11 is 7.72. The molecule has 106 valence electrons. The van der Waals surface area contributed by atoms with Crippen molar-refractivity contribution in [3.8, 4) is 16.3 Å². The second-order valence-electron chi connectivity index (χ2n) is 4.13. The molecule has 21 heavy (non-hydrogen) atoms. The van der Waals surface area contributed by atoms with E-state index in [1.807, 2.05) is 29.6 Å². The van der Waals surface area contributed by atoms with Crippen molar-refractivity contribution in [3.63, 3.8) is 0 Å². The lowest BCUT2D eigenvalue weighted by molar-refractivity contribution is -0.115. The molecule has 3 rings (SSSR count). The number of nitrogens with zero attached hydrogens (tertiary/aromatic N) is 1. The molecular weight excluding hydrogens is 324 g/mol. The van der Waals surface area contributed by atoms with E-state index < -0.39 is 0 Å². The van der Waals surface area contributed by atoms with E-state index in [2.05, 4.69) is 10.3 Å². The molecule has 1 N–H and O–H groups in total. The summed E-state index contributed by atoms with van der Waals surface area (Å²) in [6, 6.07) is 7.71. The molecule has 1 amide bonds. The van der Waals surface area contributed by atoms with Crippen LogP contribution in [0.15, 0.2) is 34.6 Å². The Hall–Kier alpha value is -1.70. The van der Waals surface area contributed by atoms with Crippen LogP contribution in [0.2, 0.25) is 0 Å². The van der Waals surface area contributed by atoms with Crippen molar-refractivity contribution in [2.75, 3.05) is 7.11 Å². The minimum absolute atomic E-state index is 0.170. The standard InChI is InChI=1S/C14H10N2O2S3/c1-18-10-5-3-2-4-9(10)13-15-8(7-20-13)6-11-12(17)16-14(19)21-11/h2-7H,1H3,(H,16,17,19)/b11-6-. The van der Waals surface area contributed by atoms with E-state index in [1.54, 1.807) is 13.2 Å². The van der Waals surface area contributed by atoms with E-state index >= 15 is 0 Å². The van der Waals surface area contributed by atoms with Crippen LogP contribution in [0.25, 0.3) is 16.6 Å². The van der Waals surface area contributed by atoms with Gasteiger partial charge in [-0.15, -0.1) is 11.3 Å². The van der Waals surface area contributed by atoms with E-state index in [0.717, 1.165) is 22.0 Å². The van der Waals surface area contributed by atoms with Crippen molar-refractivity contribution < 1.29 is 9.53 Å². The summed E-state index contributed by atoms with van der Waals surface area (Å²) in [6.45, 7) is 0. The fourth-order valence-electron chi connectivity index (χ4n) is 1.85. The van der Waals surface area contributed by atoms with Crippen molar-refractivity contribution in [1.82, 2.24) is 10.3 Å². The number of rotatable bonds is 3. The fraction of sp³-hybridized carbons (Fsp3) is 0.0714. The molecule has 2 aromatic rings. The third-order valence-electron chi connectivity index (χ3n) is 2.78. The zero-order chi connectivity index (χ0) is 14.8. The highest BCUT2D eigenvalue weighted by molar-refractivity contribution is 8.26. The number of aromatic nitrogens is 1. The Balaban J connectivity index is 1.92. The van der Waals surface area contributed by atoms with Crippen LogP contribution in [0, 0.1) is 0 Å². The second-order valence-corrected chi connectivity index (χ2v) is 6.71. The van der Waals surface area contributed by atoms with Crippen molar-refractivity contribution in [2.45, 2.75) is 0 Å². The summed E-state index contributed by atoms with van der Waals surface area (Å²) in [7, 11) is 1.63. The van der Waals surface area contributed by atoms with Gasteiger partial charge in [-0.2, -0.15) is 0 Å². The average molecular weight is 334 g/mol. The maximum absolute atomic E-state index is 11.6. The molecule has 0 bridgehead atoms. The minimum atomic E-state index is -0.170. The SMILES string of the molecule is COc1ccccc1-c1nc(/C=C2\SC(=S)NC2=O)cs1. The highest BCUT2D eigenvalue weighted by atomic mass is 32.2. The summed E-state index contributed by atoms with van der Waals surface area (Å²) in [5, 5.41) is 5.35. The molecule has 0 atom stereocenters. The van der Waals surface area contributed by atoms with Gasteiger partial charge in [0.1, 0.15) is 15.1 Å². The van der Waals surface area contributed by atoms with Crippen molar-refractivity contribution in [2.24, 2.45) is 0 Å². The maximum Gasteiger partial charge on any atom is 0.263 e. The largest absolute Gasteiger partial charge is 0.496 e. The number of hydrogen-bond acceptors (Lipinski definition) is 6. The average Bonchev–Trinajstić information content (AvgIpc) is 3.06. The molecule has 0 spiro atoms. The third-order valence-corrected chi connectivity index (χ3v) is 4.84. The molecule has 7 heteroatoms. The van der Waals surface area contributed by atoms with E-state index in [9.17, 15) is 4.79 Å². The summed E-state index contributed by atoms with van der Waals surface area (Å²) in [4.78, 5) is 16.7. The minimum Gasteiger partial charge on any atom is -0.496 e. The Morgan fingerprint density at radius 3 is 2.90 bits per heavy atom. The molecule has 1 aliphatic rings. The molecule has 1 fully saturated rings. The van der Waals surface area contributed by atoms with Gasteiger partial charge in [-0.3, -0.25) is 4.79 Å². The summed E-state index contributed by atoms with van der Waals surface area (Å²) in [5.74, 6) is 0.608. The molecule has 1 saturated heterocycles. The van der Waals surface area contributed by atoms with Crippen molar-refractivity contribution in [1.29, 1.82) is 0 Å². The van der Waals surface area contributed by atoms with Crippen LogP contribution in [0.4, 0.5) is 0 Å². The van der Waals surface area contributed by atoms with Gasteiger partial charge in [-0.25, -0.2) is 4.98 Å². The lowest BCUT2D eigenvalue weighted by Gasteiger charge is -2.04. The number of benzene rings is 1. The summed E-state index contributed by atoms with van der Waals surface area (Å²) in [5.41, 5.74) is 1.68. The molecule has 4 nitrogen and oxygen atoms in total. The predicted octanol–water partition coefficient (Wildman–Crippen LogP) is 3.31. The Kier molecular flexibility index (Phi) is 4.05. The first-order chi connectivity index (χ1) is 10.2. The number of nitrogens with one attached hydrogen (secondary N) is 1. The van der Waals surface area contributed by atoms with Gasteiger partial charge >= 0.3 is 0 Å². The Morgan fingerprint density at radius 1 is 1.38 bits per heavy atom. The van der Waals surface area contributed by atoms with Crippen molar-refractivity contribution in [3.05, 3.63) is 40.2 Å². The Labute approximate surface area is 135 Å². The van der Waals surface area contributed by atoms with Gasteiger partial charge in [0.2, 0.25) is 0 Å². The van der Waals surface area contributed by atoms with Crippen molar-refractivity contribution >= 4 is 51.6 Å². The zero-order valence-corrected chi connectivity index (χ0v) is 13.4. The van der Waals surface area contributed by atoms with Gasteiger partial charge in [-0.05, 0) is 18.2 Å². The number of ether oxygens (including phenoxy) is 1. The van der Waals surface area contributed by atoms with Gasteiger partial charge in [0, 0.05) is 5.38 Å². The number of thiazole rings is 1. The molecule has 1 aromatic heterocycles. The quantitative estimate of drug-likeness (QED) is 0.689. The highest BCUT2D eigenvalue weighted by Crippen LogP contribution is 2.33. The van der Waals surface area contributed by atoms with Gasteiger partial charge in [0.15, 0.2) is 0 Å². The number of carbonyl (C=O) groups excluding carboxylic acids is 1. The van der Waals surface area contributed by atoms with Crippen LogP contribution in [0.5, 0.6) is 5.75 Å².